The first-order chi connectivity index (χ1) is 15.8. The number of amides is 3. The average Bonchev–Trinajstić information content (AvgIpc) is 3.51. The first kappa shape index (κ1) is 23.4. The average molecular weight is 466 g/mol. The lowest BCUT2D eigenvalue weighted by Crippen LogP contribution is -2.57. The van der Waals surface area contributed by atoms with Crippen molar-refractivity contribution in [1.29, 1.82) is 0 Å². The van der Waals surface area contributed by atoms with Gasteiger partial charge in [-0.1, -0.05) is 6.42 Å². The minimum absolute atomic E-state index is 0.126. The van der Waals surface area contributed by atoms with Crippen molar-refractivity contribution in [3.05, 3.63) is 18.2 Å². The molecule has 1 aromatic rings. The van der Waals surface area contributed by atoms with Crippen molar-refractivity contribution < 1.29 is 32.6 Å². The van der Waals surface area contributed by atoms with E-state index in [1.807, 2.05) is 4.90 Å². The van der Waals surface area contributed by atoms with Gasteiger partial charge in [-0.3, -0.25) is 19.3 Å². The standard InChI is InChI=1S/C22H28F2N4O5/c23-22(24)33-17-10-14(6-7-16(17)27-8-9-32-12-18(27)29)26-21(31)19(20(25)30)28(11-13-4-5-13)15-2-1-3-15/h6-7,10,13,15,19,22H,1-5,8-9,11-12H2,(H2,25,30)(H,26,31)/t19-/m1/s1. The van der Waals surface area contributed by atoms with E-state index in [9.17, 15) is 23.2 Å². The van der Waals surface area contributed by atoms with Crippen LogP contribution in [0.3, 0.4) is 0 Å². The van der Waals surface area contributed by atoms with Gasteiger partial charge in [0.15, 0.2) is 11.8 Å². The zero-order valence-electron chi connectivity index (χ0n) is 18.2. The molecule has 1 aliphatic heterocycles. The Labute approximate surface area is 190 Å². The minimum Gasteiger partial charge on any atom is -0.433 e. The highest BCUT2D eigenvalue weighted by Crippen LogP contribution is 2.36. The molecule has 3 fully saturated rings. The Bertz CT molecular complexity index is 907. The summed E-state index contributed by atoms with van der Waals surface area (Å²) in [6.07, 6.45) is 4.96. The van der Waals surface area contributed by atoms with Crippen molar-refractivity contribution in [2.24, 2.45) is 11.7 Å². The molecule has 1 saturated heterocycles. The molecule has 33 heavy (non-hydrogen) atoms. The van der Waals surface area contributed by atoms with Crippen LogP contribution < -0.4 is 20.7 Å². The summed E-state index contributed by atoms with van der Waals surface area (Å²) in [5.41, 5.74) is 5.93. The minimum atomic E-state index is -3.13. The third-order valence-corrected chi connectivity index (χ3v) is 6.28. The van der Waals surface area contributed by atoms with E-state index in [1.54, 1.807) is 0 Å². The van der Waals surface area contributed by atoms with Crippen LogP contribution in [0.4, 0.5) is 20.2 Å². The molecule has 9 nitrogen and oxygen atoms in total. The fourth-order valence-electron chi connectivity index (χ4n) is 4.21. The molecule has 1 heterocycles. The topological polar surface area (TPSA) is 114 Å². The monoisotopic (exact) mass is 466 g/mol. The Morgan fingerprint density at radius 3 is 2.61 bits per heavy atom. The second-order valence-corrected chi connectivity index (χ2v) is 8.68. The highest BCUT2D eigenvalue weighted by molar-refractivity contribution is 6.10. The van der Waals surface area contributed by atoms with Gasteiger partial charge in [0, 0.05) is 30.9 Å². The molecule has 11 heteroatoms. The summed E-state index contributed by atoms with van der Waals surface area (Å²) < 4.78 is 35.8. The molecule has 0 bridgehead atoms. The Hall–Kier alpha value is -2.79. The zero-order valence-corrected chi connectivity index (χ0v) is 18.2. The van der Waals surface area contributed by atoms with Crippen molar-refractivity contribution in [2.45, 2.75) is 50.8 Å². The summed E-state index contributed by atoms with van der Waals surface area (Å²) in [5, 5.41) is 2.62. The van der Waals surface area contributed by atoms with Crippen molar-refractivity contribution in [3.8, 4) is 5.75 Å². The van der Waals surface area contributed by atoms with Crippen molar-refractivity contribution >= 4 is 29.1 Å². The Kier molecular flexibility index (Phi) is 7.08. The number of carbonyl (C=O) groups excluding carboxylic acids is 3. The van der Waals surface area contributed by atoms with E-state index in [2.05, 4.69) is 10.1 Å². The SMILES string of the molecule is NC(=O)[C@H](C(=O)Nc1ccc(N2CCOCC2=O)c(OC(F)F)c1)N(CC1CC1)C1CCC1. The van der Waals surface area contributed by atoms with Gasteiger partial charge in [-0.05, 0) is 43.7 Å². The third-order valence-electron chi connectivity index (χ3n) is 6.28. The molecule has 4 rings (SSSR count). The predicted molar refractivity (Wildman–Crippen MR) is 115 cm³/mol. The fraction of sp³-hybridized carbons (Fsp3) is 0.591. The van der Waals surface area contributed by atoms with Gasteiger partial charge < -0.3 is 25.4 Å². The third kappa shape index (κ3) is 5.59. The Morgan fingerprint density at radius 1 is 1.27 bits per heavy atom. The Balaban J connectivity index is 1.55. The number of halogens is 2. The predicted octanol–water partition coefficient (Wildman–Crippen LogP) is 1.71. The van der Waals surface area contributed by atoms with Crippen LogP contribution >= 0.6 is 0 Å². The Morgan fingerprint density at radius 2 is 2.03 bits per heavy atom. The number of nitrogens with one attached hydrogen (secondary N) is 1. The van der Waals surface area contributed by atoms with Crippen molar-refractivity contribution in [1.82, 2.24) is 4.90 Å². The number of nitrogens with zero attached hydrogens (tertiary/aromatic N) is 2. The number of morpholine rings is 1. The van der Waals surface area contributed by atoms with E-state index in [-0.39, 0.29) is 48.8 Å². The summed E-state index contributed by atoms with van der Waals surface area (Å²) in [6, 6.07) is 3.08. The van der Waals surface area contributed by atoms with E-state index in [4.69, 9.17) is 10.5 Å². The van der Waals surface area contributed by atoms with E-state index >= 15 is 0 Å². The van der Waals surface area contributed by atoms with Gasteiger partial charge in [0.1, 0.15) is 6.61 Å². The van der Waals surface area contributed by atoms with Crippen molar-refractivity contribution in [2.75, 3.05) is 36.5 Å². The molecule has 3 amide bonds. The molecule has 3 N–H and O–H groups in total. The lowest BCUT2D eigenvalue weighted by Gasteiger charge is -2.40. The molecule has 0 aromatic heterocycles. The van der Waals surface area contributed by atoms with Crippen LogP contribution in [0.5, 0.6) is 5.75 Å². The van der Waals surface area contributed by atoms with Gasteiger partial charge in [0.2, 0.25) is 5.91 Å². The number of benzene rings is 1. The maximum atomic E-state index is 13.1. The summed E-state index contributed by atoms with van der Waals surface area (Å²) in [7, 11) is 0. The number of carbonyl (C=O) groups is 3. The highest BCUT2D eigenvalue weighted by atomic mass is 19.3. The zero-order chi connectivity index (χ0) is 23.5. The number of rotatable bonds is 10. The summed E-state index contributed by atoms with van der Waals surface area (Å²) in [6.45, 7) is -2.21. The van der Waals surface area contributed by atoms with Crippen LogP contribution in [0.2, 0.25) is 0 Å². The van der Waals surface area contributed by atoms with Crippen LogP contribution in [0.25, 0.3) is 0 Å². The number of hydrogen-bond donors (Lipinski definition) is 2. The molecule has 0 spiro atoms. The van der Waals surface area contributed by atoms with E-state index < -0.39 is 24.5 Å². The fourth-order valence-corrected chi connectivity index (χ4v) is 4.21. The molecule has 1 atom stereocenters. The van der Waals surface area contributed by atoms with Gasteiger partial charge in [-0.15, -0.1) is 0 Å². The summed E-state index contributed by atoms with van der Waals surface area (Å²) in [5.74, 6) is -1.56. The van der Waals surface area contributed by atoms with Crippen molar-refractivity contribution in [3.63, 3.8) is 0 Å². The number of nitrogens with two attached hydrogens (primary N) is 1. The second-order valence-electron chi connectivity index (χ2n) is 8.68. The van der Waals surface area contributed by atoms with Gasteiger partial charge in [0.05, 0.1) is 12.3 Å². The van der Waals surface area contributed by atoms with Crippen LogP contribution in [-0.2, 0) is 19.1 Å². The van der Waals surface area contributed by atoms with Gasteiger partial charge in [-0.25, -0.2) is 0 Å². The van der Waals surface area contributed by atoms with Gasteiger partial charge in [0.25, 0.3) is 11.8 Å². The maximum absolute atomic E-state index is 13.1. The quantitative estimate of drug-likeness (QED) is 0.508. The first-order valence-corrected chi connectivity index (χ1v) is 11.2. The number of ether oxygens (including phenoxy) is 2. The highest BCUT2D eigenvalue weighted by Gasteiger charge is 2.40. The molecular weight excluding hydrogens is 438 g/mol. The maximum Gasteiger partial charge on any atom is 0.387 e. The molecule has 0 unspecified atom stereocenters. The lowest BCUT2D eigenvalue weighted by atomic mass is 9.89. The molecule has 3 aliphatic rings. The summed E-state index contributed by atoms with van der Waals surface area (Å²) >= 11 is 0. The van der Waals surface area contributed by atoms with Gasteiger partial charge >= 0.3 is 6.61 Å². The largest absolute Gasteiger partial charge is 0.433 e. The lowest BCUT2D eigenvalue weighted by molar-refractivity contribution is -0.135. The molecule has 2 saturated carbocycles. The van der Waals surface area contributed by atoms with Crippen LogP contribution in [0.1, 0.15) is 32.1 Å². The molecule has 2 aliphatic carbocycles. The van der Waals surface area contributed by atoms with Crippen LogP contribution in [0, 0.1) is 5.92 Å². The van der Waals surface area contributed by atoms with Crippen LogP contribution in [-0.4, -0.2) is 67.6 Å². The number of primary amides is 1. The number of alkyl halides is 2. The van der Waals surface area contributed by atoms with E-state index in [0.29, 0.717) is 12.5 Å². The van der Waals surface area contributed by atoms with Gasteiger partial charge in [-0.2, -0.15) is 8.78 Å². The first-order valence-electron chi connectivity index (χ1n) is 11.2. The molecular formula is C22H28F2N4O5. The number of hydrogen-bond acceptors (Lipinski definition) is 6. The van der Waals surface area contributed by atoms with E-state index in [1.165, 1.54) is 23.1 Å². The van der Waals surface area contributed by atoms with Crippen LogP contribution in [0.15, 0.2) is 18.2 Å². The molecule has 0 radical (unpaired) electrons. The smallest absolute Gasteiger partial charge is 0.387 e. The number of anilines is 2. The molecule has 1 aromatic carbocycles. The van der Waals surface area contributed by atoms with E-state index in [0.717, 1.165) is 32.1 Å². The molecule has 180 valence electrons. The summed E-state index contributed by atoms with van der Waals surface area (Å²) in [4.78, 5) is 40.7. The second kappa shape index (κ2) is 10.0. The normalized spacial score (nSPS) is 20.0.